The van der Waals surface area contributed by atoms with Crippen molar-refractivity contribution in [3.05, 3.63) is 90.3 Å². The first-order valence-corrected chi connectivity index (χ1v) is 11.3. The topological polar surface area (TPSA) is 90.7 Å². The number of aromatic nitrogens is 1. The average molecular weight is 451 g/mol. The molecule has 164 valence electrons. The molecule has 0 fully saturated rings. The van der Waals surface area contributed by atoms with Crippen molar-refractivity contribution in [2.45, 2.75) is 11.3 Å². The molecule has 0 spiro atoms. The van der Waals surface area contributed by atoms with Crippen molar-refractivity contribution in [3.63, 3.8) is 0 Å². The van der Waals surface area contributed by atoms with E-state index in [4.69, 9.17) is 13.9 Å². The second kappa shape index (κ2) is 9.15. The van der Waals surface area contributed by atoms with Crippen LogP contribution >= 0.6 is 0 Å². The van der Waals surface area contributed by atoms with E-state index in [1.54, 1.807) is 36.4 Å². The normalized spacial score (nSPS) is 11.2. The zero-order chi connectivity index (χ0) is 22.6. The number of ether oxygens (including phenoxy) is 2. The summed E-state index contributed by atoms with van der Waals surface area (Å²) in [5.41, 5.74) is 1.44. The minimum Gasteiger partial charge on any atom is -0.496 e. The number of oxazole rings is 1. The third-order valence-electron chi connectivity index (χ3n) is 4.81. The Hall–Kier alpha value is -3.78. The summed E-state index contributed by atoms with van der Waals surface area (Å²) in [6.45, 7) is 0. The molecule has 8 heteroatoms. The molecule has 4 rings (SSSR count). The maximum Gasteiger partial charge on any atom is 0.263 e. The lowest BCUT2D eigenvalue weighted by Crippen LogP contribution is -2.14. The summed E-state index contributed by atoms with van der Waals surface area (Å²) in [5.74, 6) is 1.55. The van der Waals surface area contributed by atoms with Crippen molar-refractivity contribution in [3.8, 4) is 22.8 Å². The monoisotopic (exact) mass is 450 g/mol. The molecule has 1 heterocycles. The smallest absolute Gasteiger partial charge is 0.263 e. The Morgan fingerprint density at radius 1 is 0.844 bits per heavy atom. The predicted molar refractivity (Wildman–Crippen MR) is 122 cm³/mol. The van der Waals surface area contributed by atoms with Gasteiger partial charge in [-0.1, -0.05) is 54.6 Å². The lowest BCUT2D eigenvalue weighted by Gasteiger charge is -2.12. The van der Waals surface area contributed by atoms with Gasteiger partial charge >= 0.3 is 0 Å². The molecule has 0 aliphatic carbocycles. The molecule has 1 aromatic heterocycles. The number of sulfonamides is 1. The number of hydrogen-bond acceptors (Lipinski definition) is 6. The minimum absolute atomic E-state index is 0.0579. The van der Waals surface area contributed by atoms with Gasteiger partial charge in [-0.3, -0.25) is 4.72 Å². The van der Waals surface area contributed by atoms with Gasteiger partial charge in [0.1, 0.15) is 17.1 Å². The van der Waals surface area contributed by atoms with Crippen LogP contribution in [-0.2, 0) is 16.4 Å². The summed E-state index contributed by atoms with van der Waals surface area (Å²) >= 11 is 0. The quantitative estimate of drug-likeness (QED) is 0.417. The van der Waals surface area contributed by atoms with Crippen molar-refractivity contribution < 1.29 is 22.3 Å². The first-order chi connectivity index (χ1) is 15.5. The second-order valence-electron chi connectivity index (χ2n) is 6.90. The fourth-order valence-electron chi connectivity index (χ4n) is 3.31. The van der Waals surface area contributed by atoms with Gasteiger partial charge < -0.3 is 13.9 Å². The summed E-state index contributed by atoms with van der Waals surface area (Å²) in [6, 6.07) is 23.0. The van der Waals surface area contributed by atoms with Crippen LogP contribution in [0.4, 0.5) is 5.82 Å². The number of nitrogens with one attached hydrogen (secondary N) is 1. The molecule has 32 heavy (non-hydrogen) atoms. The molecule has 3 aromatic carbocycles. The highest BCUT2D eigenvalue weighted by atomic mass is 32.2. The molecule has 7 nitrogen and oxygen atoms in total. The maximum atomic E-state index is 13.0. The average Bonchev–Trinajstić information content (AvgIpc) is 3.20. The highest BCUT2D eigenvalue weighted by Gasteiger charge is 2.26. The van der Waals surface area contributed by atoms with Crippen LogP contribution in [0.15, 0.2) is 88.2 Å². The van der Waals surface area contributed by atoms with Crippen LogP contribution in [0, 0.1) is 0 Å². The van der Waals surface area contributed by atoms with Crippen LogP contribution in [0.2, 0.25) is 0 Å². The summed E-state index contributed by atoms with van der Waals surface area (Å²) in [6.07, 6.45) is 0.387. The third-order valence-corrected chi connectivity index (χ3v) is 6.16. The van der Waals surface area contributed by atoms with E-state index in [0.717, 1.165) is 5.56 Å². The van der Waals surface area contributed by atoms with Crippen molar-refractivity contribution in [1.29, 1.82) is 0 Å². The van der Waals surface area contributed by atoms with Crippen molar-refractivity contribution in [2.24, 2.45) is 0 Å². The molecule has 0 saturated heterocycles. The Morgan fingerprint density at radius 3 is 2.03 bits per heavy atom. The van der Waals surface area contributed by atoms with E-state index in [1.165, 1.54) is 26.4 Å². The largest absolute Gasteiger partial charge is 0.496 e. The zero-order valence-electron chi connectivity index (χ0n) is 17.6. The Balaban J connectivity index is 1.83. The highest BCUT2D eigenvalue weighted by Crippen LogP contribution is 2.43. The van der Waals surface area contributed by atoms with E-state index in [0.29, 0.717) is 29.4 Å². The van der Waals surface area contributed by atoms with E-state index in [-0.39, 0.29) is 16.5 Å². The molecule has 0 radical (unpaired) electrons. The molecule has 0 aliphatic heterocycles. The molecule has 0 aliphatic rings. The van der Waals surface area contributed by atoms with Crippen molar-refractivity contribution >= 4 is 15.8 Å². The van der Waals surface area contributed by atoms with E-state index < -0.39 is 10.0 Å². The van der Waals surface area contributed by atoms with Crippen LogP contribution in [0.5, 0.6) is 11.5 Å². The van der Waals surface area contributed by atoms with Crippen LogP contribution in [-0.4, -0.2) is 27.6 Å². The molecule has 0 amide bonds. The van der Waals surface area contributed by atoms with Crippen LogP contribution in [0.1, 0.15) is 11.5 Å². The predicted octanol–water partition coefficient (Wildman–Crippen LogP) is 4.75. The van der Waals surface area contributed by atoms with Crippen LogP contribution in [0.3, 0.4) is 0 Å². The Kier molecular flexibility index (Phi) is 6.13. The number of rotatable bonds is 8. The fourth-order valence-corrected chi connectivity index (χ4v) is 4.34. The number of anilines is 1. The highest BCUT2D eigenvalue weighted by molar-refractivity contribution is 7.92. The maximum absolute atomic E-state index is 13.0. The van der Waals surface area contributed by atoms with Gasteiger partial charge in [0.05, 0.1) is 19.1 Å². The summed E-state index contributed by atoms with van der Waals surface area (Å²) < 4.78 is 45.6. The molecule has 0 unspecified atom stereocenters. The fraction of sp³-hybridized carbons (Fsp3) is 0.125. The van der Waals surface area contributed by atoms with Crippen LogP contribution in [0.25, 0.3) is 11.3 Å². The van der Waals surface area contributed by atoms with Gasteiger partial charge in [-0.25, -0.2) is 8.42 Å². The summed E-state index contributed by atoms with van der Waals surface area (Å²) in [4.78, 5) is 4.59. The summed E-state index contributed by atoms with van der Waals surface area (Å²) in [7, 11) is -0.854. The molecule has 1 N–H and O–H groups in total. The molecule has 0 saturated carbocycles. The van der Waals surface area contributed by atoms with Crippen molar-refractivity contribution in [2.75, 3.05) is 18.9 Å². The van der Waals surface area contributed by atoms with Crippen LogP contribution < -0.4 is 14.2 Å². The van der Waals surface area contributed by atoms with E-state index in [2.05, 4.69) is 9.71 Å². The van der Waals surface area contributed by atoms with Gasteiger partial charge in [0.25, 0.3) is 10.0 Å². The molecule has 4 aromatic rings. The SMILES string of the molecule is COc1cccc(OC)c1-c1oc(Cc2ccccc2)nc1NS(=O)(=O)c1ccccc1. The van der Waals surface area contributed by atoms with E-state index in [1.807, 2.05) is 30.3 Å². The molecule has 0 atom stereocenters. The van der Waals surface area contributed by atoms with Gasteiger partial charge in [0.2, 0.25) is 5.89 Å². The first kappa shape index (κ1) is 21.5. The van der Waals surface area contributed by atoms with Gasteiger partial charge in [-0.05, 0) is 29.8 Å². The number of methoxy groups -OCH3 is 2. The first-order valence-electron chi connectivity index (χ1n) is 9.84. The standard InChI is InChI=1S/C24H22N2O5S/c1-29-19-14-9-15-20(30-2)22(19)23-24(26-32(27,28)18-12-7-4-8-13-18)25-21(31-23)16-17-10-5-3-6-11-17/h3-15,26H,16H2,1-2H3. The molecular weight excluding hydrogens is 428 g/mol. The van der Waals surface area contributed by atoms with Gasteiger partial charge in [-0.2, -0.15) is 4.98 Å². The number of hydrogen-bond donors (Lipinski definition) is 1. The lowest BCUT2D eigenvalue weighted by molar-refractivity contribution is 0.393. The minimum atomic E-state index is -3.90. The van der Waals surface area contributed by atoms with E-state index in [9.17, 15) is 8.42 Å². The summed E-state index contributed by atoms with van der Waals surface area (Å²) in [5, 5.41) is 0. The number of benzene rings is 3. The van der Waals surface area contributed by atoms with Crippen molar-refractivity contribution in [1.82, 2.24) is 4.98 Å². The van der Waals surface area contributed by atoms with Gasteiger partial charge in [0, 0.05) is 6.42 Å². The third kappa shape index (κ3) is 4.45. The second-order valence-corrected chi connectivity index (χ2v) is 8.59. The van der Waals surface area contributed by atoms with Gasteiger partial charge in [0.15, 0.2) is 11.6 Å². The molecular formula is C24H22N2O5S. The lowest BCUT2D eigenvalue weighted by atomic mass is 10.1. The zero-order valence-corrected chi connectivity index (χ0v) is 18.4. The Labute approximate surface area is 186 Å². The molecule has 0 bridgehead atoms. The van der Waals surface area contributed by atoms with E-state index >= 15 is 0 Å². The number of nitrogens with zero attached hydrogens (tertiary/aromatic N) is 1. The van der Waals surface area contributed by atoms with Gasteiger partial charge in [-0.15, -0.1) is 0 Å². The Morgan fingerprint density at radius 2 is 1.44 bits per heavy atom. The Bertz CT molecular complexity index is 1280.